The highest BCUT2D eigenvalue weighted by atomic mass is 79.9. The summed E-state index contributed by atoms with van der Waals surface area (Å²) in [7, 11) is 0. The minimum Gasteiger partial charge on any atom is -0.487 e. The van der Waals surface area contributed by atoms with Crippen LogP contribution in [0, 0.1) is 10.1 Å². The molecule has 98 valence electrons. The van der Waals surface area contributed by atoms with Gasteiger partial charge in [0.15, 0.2) is 0 Å². The summed E-state index contributed by atoms with van der Waals surface area (Å²) in [5, 5.41) is 11.0. The molecule has 2 rings (SSSR count). The van der Waals surface area contributed by atoms with Crippen LogP contribution in [0.5, 0.6) is 5.75 Å². The molecule has 0 unspecified atom stereocenters. The fraction of sp³-hybridized carbons (Fsp3) is 0.0769. The van der Waals surface area contributed by atoms with Crippen LogP contribution in [0.1, 0.15) is 5.56 Å². The van der Waals surface area contributed by atoms with Crippen LogP contribution in [0.15, 0.2) is 51.4 Å². The van der Waals surface area contributed by atoms with Crippen molar-refractivity contribution in [2.75, 3.05) is 0 Å². The first kappa shape index (κ1) is 14.0. The molecule has 0 heterocycles. The molecule has 0 amide bonds. The molecule has 0 spiro atoms. The molecule has 0 aliphatic carbocycles. The lowest BCUT2D eigenvalue weighted by Crippen LogP contribution is -2.01. The van der Waals surface area contributed by atoms with Gasteiger partial charge in [-0.25, -0.2) is 0 Å². The molecule has 6 heteroatoms. The van der Waals surface area contributed by atoms with Gasteiger partial charge in [0.1, 0.15) is 12.4 Å². The molecule has 0 atom stereocenters. The Morgan fingerprint density at radius 2 is 1.89 bits per heavy atom. The van der Waals surface area contributed by atoms with Crippen molar-refractivity contribution in [2.24, 2.45) is 0 Å². The molecule has 19 heavy (non-hydrogen) atoms. The third-order valence-electron chi connectivity index (χ3n) is 2.46. The van der Waals surface area contributed by atoms with Crippen molar-refractivity contribution in [3.8, 4) is 5.75 Å². The predicted molar refractivity (Wildman–Crippen MR) is 79.3 cm³/mol. The number of para-hydroxylation sites is 1. The zero-order valence-electron chi connectivity index (χ0n) is 9.68. The van der Waals surface area contributed by atoms with E-state index in [9.17, 15) is 10.1 Å². The van der Waals surface area contributed by atoms with E-state index in [4.69, 9.17) is 4.74 Å². The second kappa shape index (κ2) is 6.16. The first-order chi connectivity index (χ1) is 9.08. The van der Waals surface area contributed by atoms with Crippen molar-refractivity contribution < 1.29 is 9.66 Å². The first-order valence-electron chi connectivity index (χ1n) is 5.38. The Hall–Kier alpha value is -1.40. The second-order valence-corrected chi connectivity index (χ2v) is 5.52. The fourth-order valence-corrected chi connectivity index (χ4v) is 2.29. The number of hydrogen-bond acceptors (Lipinski definition) is 3. The minimum absolute atomic E-state index is 0.0430. The van der Waals surface area contributed by atoms with E-state index in [1.165, 1.54) is 6.07 Å². The highest BCUT2D eigenvalue weighted by Crippen LogP contribution is 2.28. The van der Waals surface area contributed by atoms with E-state index in [2.05, 4.69) is 31.9 Å². The zero-order chi connectivity index (χ0) is 13.8. The molecule has 0 aliphatic heterocycles. The standard InChI is InChI=1S/C13H9Br2NO3/c14-10-6-5-9(12(7-10)16(17)18)8-19-13-4-2-1-3-11(13)15/h1-7H,8H2. The predicted octanol–water partition coefficient (Wildman–Crippen LogP) is 4.70. The summed E-state index contributed by atoms with van der Waals surface area (Å²) in [5.41, 5.74) is 0.574. The SMILES string of the molecule is O=[N+]([O-])c1cc(Br)ccc1COc1ccccc1Br. The maximum atomic E-state index is 11.0. The smallest absolute Gasteiger partial charge is 0.277 e. The molecule has 0 fully saturated rings. The molecule has 2 aromatic rings. The molecule has 0 radical (unpaired) electrons. The molecule has 0 aromatic heterocycles. The van der Waals surface area contributed by atoms with Gasteiger partial charge in [-0.1, -0.05) is 28.1 Å². The zero-order valence-corrected chi connectivity index (χ0v) is 12.8. The molecule has 0 aliphatic rings. The maximum Gasteiger partial charge on any atom is 0.277 e. The normalized spacial score (nSPS) is 10.2. The van der Waals surface area contributed by atoms with E-state index >= 15 is 0 Å². The van der Waals surface area contributed by atoms with Crippen molar-refractivity contribution in [1.29, 1.82) is 0 Å². The summed E-state index contributed by atoms with van der Waals surface area (Å²) < 4.78 is 7.07. The van der Waals surface area contributed by atoms with E-state index in [1.807, 2.05) is 18.2 Å². The number of nitro benzene ring substituents is 1. The average Bonchev–Trinajstić information content (AvgIpc) is 2.38. The number of nitro groups is 1. The molecular formula is C13H9Br2NO3. The monoisotopic (exact) mass is 385 g/mol. The average molecular weight is 387 g/mol. The van der Waals surface area contributed by atoms with Crippen LogP contribution in [-0.2, 0) is 6.61 Å². The van der Waals surface area contributed by atoms with Crippen molar-refractivity contribution in [3.63, 3.8) is 0 Å². The quantitative estimate of drug-likeness (QED) is 0.565. The summed E-state index contributed by atoms with van der Waals surface area (Å²) in [5.74, 6) is 0.653. The van der Waals surface area contributed by atoms with Gasteiger partial charge < -0.3 is 4.74 Å². The number of halogens is 2. The summed E-state index contributed by atoms with van der Waals surface area (Å²) >= 11 is 6.58. The van der Waals surface area contributed by atoms with Crippen molar-refractivity contribution >= 4 is 37.5 Å². The topological polar surface area (TPSA) is 52.4 Å². The maximum absolute atomic E-state index is 11.0. The summed E-state index contributed by atoms with van der Waals surface area (Å²) in [6, 6.07) is 12.3. The largest absolute Gasteiger partial charge is 0.487 e. The lowest BCUT2D eigenvalue weighted by atomic mass is 10.2. The van der Waals surface area contributed by atoms with Crippen LogP contribution < -0.4 is 4.74 Å². The lowest BCUT2D eigenvalue weighted by molar-refractivity contribution is -0.385. The highest BCUT2D eigenvalue weighted by Gasteiger charge is 2.14. The first-order valence-corrected chi connectivity index (χ1v) is 6.96. The van der Waals surface area contributed by atoms with E-state index in [1.54, 1.807) is 18.2 Å². The minimum atomic E-state index is -0.413. The number of nitrogens with zero attached hydrogens (tertiary/aromatic N) is 1. The van der Waals surface area contributed by atoms with Gasteiger partial charge in [-0.3, -0.25) is 10.1 Å². The fourth-order valence-electron chi connectivity index (χ4n) is 1.55. The van der Waals surface area contributed by atoms with Gasteiger partial charge in [0.2, 0.25) is 0 Å². The van der Waals surface area contributed by atoms with Crippen LogP contribution >= 0.6 is 31.9 Å². The van der Waals surface area contributed by atoms with Gasteiger partial charge in [-0.2, -0.15) is 0 Å². The Bertz CT molecular complexity index is 617. The summed E-state index contributed by atoms with van der Waals surface area (Å²) in [6.45, 7) is 0.145. The summed E-state index contributed by atoms with van der Waals surface area (Å²) in [4.78, 5) is 10.6. The lowest BCUT2D eigenvalue weighted by Gasteiger charge is -2.08. The molecular weight excluding hydrogens is 378 g/mol. The third kappa shape index (κ3) is 3.54. The van der Waals surface area contributed by atoms with Crippen LogP contribution in [0.2, 0.25) is 0 Å². The molecule has 0 N–H and O–H groups in total. The van der Waals surface area contributed by atoms with Crippen molar-refractivity contribution in [2.45, 2.75) is 6.61 Å². The molecule has 4 nitrogen and oxygen atoms in total. The second-order valence-electron chi connectivity index (χ2n) is 3.75. The molecule has 0 saturated carbocycles. The Kier molecular flexibility index (Phi) is 4.55. The van der Waals surface area contributed by atoms with E-state index < -0.39 is 4.92 Å². The van der Waals surface area contributed by atoms with E-state index in [0.717, 1.165) is 4.47 Å². The number of rotatable bonds is 4. The van der Waals surface area contributed by atoms with E-state index in [0.29, 0.717) is 15.8 Å². The van der Waals surface area contributed by atoms with Gasteiger partial charge in [-0.05, 0) is 40.2 Å². The van der Waals surface area contributed by atoms with Gasteiger partial charge in [-0.15, -0.1) is 0 Å². The van der Waals surface area contributed by atoms with Gasteiger partial charge in [0.05, 0.1) is 15.0 Å². The molecule has 0 bridgehead atoms. The van der Waals surface area contributed by atoms with Crippen molar-refractivity contribution in [3.05, 3.63) is 67.1 Å². The van der Waals surface area contributed by atoms with Crippen LogP contribution in [0.4, 0.5) is 5.69 Å². The van der Waals surface area contributed by atoms with Crippen LogP contribution in [-0.4, -0.2) is 4.92 Å². The number of benzene rings is 2. The Balaban J connectivity index is 2.20. The molecule has 2 aromatic carbocycles. The number of hydrogen-bond donors (Lipinski definition) is 0. The molecule has 0 saturated heterocycles. The Morgan fingerprint density at radius 3 is 2.58 bits per heavy atom. The van der Waals surface area contributed by atoms with Crippen LogP contribution in [0.3, 0.4) is 0 Å². The van der Waals surface area contributed by atoms with Gasteiger partial charge in [0, 0.05) is 10.5 Å². The third-order valence-corrected chi connectivity index (χ3v) is 3.61. The van der Waals surface area contributed by atoms with Crippen molar-refractivity contribution in [1.82, 2.24) is 0 Å². The van der Waals surface area contributed by atoms with E-state index in [-0.39, 0.29) is 12.3 Å². The van der Waals surface area contributed by atoms with Gasteiger partial charge in [0.25, 0.3) is 5.69 Å². The highest BCUT2D eigenvalue weighted by molar-refractivity contribution is 9.10. The van der Waals surface area contributed by atoms with Gasteiger partial charge >= 0.3 is 0 Å². The van der Waals surface area contributed by atoms with Crippen LogP contribution in [0.25, 0.3) is 0 Å². The Labute approximate surface area is 126 Å². The summed E-state index contributed by atoms with van der Waals surface area (Å²) in [6.07, 6.45) is 0. The Morgan fingerprint density at radius 1 is 1.16 bits per heavy atom. The number of ether oxygens (including phenoxy) is 1.